The number of aliphatic hydroxyl groups is 1. The van der Waals surface area contributed by atoms with Gasteiger partial charge in [0.1, 0.15) is 11.8 Å². The maximum absolute atomic E-state index is 9.75. The van der Waals surface area contributed by atoms with Crippen molar-refractivity contribution in [2.45, 2.75) is 6.10 Å². The fourth-order valence-electron chi connectivity index (χ4n) is 0.912. The van der Waals surface area contributed by atoms with Crippen LogP contribution in [-0.2, 0) is 0 Å². The normalized spacial score (nSPS) is 13.1. The SMILES string of the molecule is OC(c1csnn1)c1ccc(Cl)s1. The molecule has 0 spiro atoms. The van der Waals surface area contributed by atoms with Gasteiger partial charge in [-0.1, -0.05) is 16.1 Å². The Morgan fingerprint density at radius 2 is 2.31 bits per heavy atom. The van der Waals surface area contributed by atoms with E-state index in [1.54, 1.807) is 17.5 Å². The van der Waals surface area contributed by atoms with Crippen molar-refractivity contribution in [2.75, 3.05) is 0 Å². The third-order valence-corrected chi connectivity index (χ3v) is 3.33. The smallest absolute Gasteiger partial charge is 0.133 e. The van der Waals surface area contributed by atoms with Crippen LogP contribution >= 0.6 is 34.5 Å². The summed E-state index contributed by atoms with van der Waals surface area (Å²) in [6.45, 7) is 0. The standard InChI is InChI=1S/C7H5ClN2OS2/c8-6-2-1-5(13-6)7(11)4-3-12-10-9-4/h1-3,7,11H. The second-order valence-corrected chi connectivity index (χ2v) is 4.73. The van der Waals surface area contributed by atoms with Crippen molar-refractivity contribution in [1.29, 1.82) is 0 Å². The molecule has 68 valence electrons. The lowest BCUT2D eigenvalue weighted by Crippen LogP contribution is -1.96. The molecule has 0 bridgehead atoms. The summed E-state index contributed by atoms with van der Waals surface area (Å²) in [7, 11) is 0. The lowest BCUT2D eigenvalue weighted by molar-refractivity contribution is 0.219. The fourth-order valence-corrected chi connectivity index (χ4v) is 2.44. The number of hydrogen-bond donors (Lipinski definition) is 1. The van der Waals surface area contributed by atoms with E-state index in [0.717, 1.165) is 4.88 Å². The van der Waals surface area contributed by atoms with Gasteiger partial charge in [-0.25, -0.2) is 0 Å². The maximum atomic E-state index is 9.75. The molecule has 0 amide bonds. The summed E-state index contributed by atoms with van der Waals surface area (Å²) in [6.07, 6.45) is -0.698. The first-order valence-electron chi connectivity index (χ1n) is 3.47. The van der Waals surface area contributed by atoms with Crippen molar-refractivity contribution in [1.82, 2.24) is 9.59 Å². The minimum atomic E-state index is -0.698. The van der Waals surface area contributed by atoms with Crippen molar-refractivity contribution >= 4 is 34.5 Å². The van der Waals surface area contributed by atoms with Crippen molar-refractivity contribution in [3.8, 4) is 0 Å². The van der Waals surface area contributed by atoms with Gasteiger partial charge in [0.2, 0.25) is 0 Å². The van der Waals surface area contributed by atoms with Gasteiger partial charge in [0.05, 0.1) is 4.34 Å². The Hall–Kier alpha value is -0.490. The number of nitrogens with zero attached hydrogens (tertiary/aromatic N) is 2. The molecular formula is C7H5ClN2OS2. The molecule has 0 aliphatic carbocycles. The van der Waals surface area contributed by atoms with E-state index in [2.05, 4.69) is 9.59 Å². The van der Waals surface area contributed by atoms with Gasteiger partial charge in [-0.15, -0.1) is 16.4 Å². The van der Waals surface area contributed by atoms with Gasteiger partial charge < -0.3 is 5.11 Å². The molecule has 0 aromatic carbocycles. The minimum Gasteiger partial charge on any atom is -0.381 e. The molecule has 2 rings (SSSR count). The van der Waals surface area contributed by atoms with Gasteiger partial charge in [-0.05, 0) is 23.7 Å². The maximum Gasteiger partial charge on any atom is 0.133 e. The zero-order valence-corrected chi connectivity index (χ0v) is 8.73. The predicted molar refractivity (Wildman–Crippen MR) is 53.3 cm³/mol. The van der Waals surface area contributed by atoms with E-state index in [1.807, 2.05) is 0 Å². The quantitative estimate of drug-likeness (QED) is 0.865. The molecule has 1 atom stereocenters. The summed E-state index contributed by atoms with van der Waals surface area (Å²) in [5.41, 5.74) is 0.573. The van der Waals surface area contributed by atoms with Crippen molar-refractivity contribution < 1.29 is 5.11 Å². The number of aliphatic hydroxyl groups excluding tert-OH is 1. The van der Waals surface area contributed by atoms with Crippen LogP contribution in [0.25, 0.3) is 0 Å². The van der Waals surface area contributed by atoms with Crippen LogP contribution in [-0.4, -0.2) is 14.7 Å². The van der Waals surface area contributed by atoms with E-state index < -0.39 is 6.10 Å². The van der Waals surface area contributed by atoms with Crippen LogP contribution in [0.3, 0.4) is 0 Å². The molecule has 13 heavy (non-hydrogen) atoms. The Morgan fingerprint density at radius 3 is 2.85 bits per heavy atom. The molecule has 0 aliphatic heterocycles. The van der Waals surface area contributed by atoms with Gasteiger partial charge >= 0.3 is 0 Å². The lowest BCUT2D eigenvalue weighted by atomic mass is 10.2. The molecule has 2 aromatic heterocycles. The summed E-state index contributed by atoms with van der Waals surface area (Å²) in [4.78, 5) is 0.790. The first-order valence-corrected chi connectivity index (χ1v) is 5.51. The average Bonchev–Trinajstić information content (AvgIpc) is 2.72. The molecule has 0 saturated heterocycles. The highest BCUT2D eigenvalue weighted by molar-refractivity contribution is 7.16. The largest absolute Gasteiger partial charge is 0.381 e. The molecule has 0 fully saturated rings. The molecule has 0 aliphatic rings. The van der Waals surface area contributed by atoms with Crippen LogP contribution < -0.4 is 0 Å². The highest BCUT2D eigenvalue weighted by Gasteiger charge is 2.14. The first kappa shape index (κ1) is 9.08. The van der Waals surface area contributed by atoms with Crippen molar-refractivity contribution in [3.63, 3.8) is 0 Å². The molecule has 3 nitrogen and oxygen atoms in total. The van der Waals surface area contributed by atoms with E-state index in [-0.39, 0.29) is 0 Å². The molecule has 2 aromatic rings. The van der Waals surface area contributed by atoms with Crippen molar-refractivity contribution in [3.05, 3.63) is 32.4 Å². The van der Waals surface area contributed by atoms with Gasteiger partial charge in [-0.2, -0.15) is 0 Å². The summed E-state index contributed by atoms with van der Waals surface area (Å²) in [5, 5.41) is 15.3. The number of hydrogen-bond acceptors (Lipinski definition) is 5. The Kier molecular flexibility index (Phi) is 2.59. The first-order chi connectivity index (χ1) is 6.27. The van der Waals surface area contributed by atoms with E-state index in [0.29, 0.717) is 10.0 Å². The monoisotopic (exact) mass is 232 g/mol. The molecule has 0 radical (unpaired) electrons. The van der Waals surface area contributed by atoms with E-state index in [9.17, 15) is 5.11 Å². The third-order valence-electron chi connectivity index (χ3n) is 1.52. The predicted octanol–water partition coefficient (Wildman–Crippen LogP) is 2.33. The van der Waals surface area contributed by atoms with E-state index in [4.69, 9.17) is 11.6 Å². The van der Waals surface area contributed by atoms with Crippen LogP contribution in [0, 0.1) is 0 Å². The second kappa shape index (κ2) is 3.71. The van der Waals surface area contributed by atoms with Gasteiger partial charge in [0.25, 0.3) is 0 Å². The van der Waals surface area contributed by atoms with Gasteiger partial charge in [-0.3, -0.25) is 0 Å². The number of rotatable bonds is 2. The summed E-state index contributed by atoms with van der Waals surface area (Å²) >= 11 is 8.31. The summed E-state index contributed by atoms with van der Waals surface area (Å²) in [5.74, 6) is 0. The average molecular weight is 233 g/mol. The topological polar surface area (TPSA) is 46.0 Å². The molecule has 2 heterocycles. The molecule has 0 saturated carbocycles. The van der Waals surface area contributed by atoms with Crippen molar-refractivity contribution in [2.24, 2.45) is 0 Å². The Morgan fingerprint density at radius 1 is 1.46 bits per heavy atom. The van der Waals surface area contributed by atoms with Gasteiger partial charge in [0, 0.05) is 10.3 Å². The van der Waals surface area contributed by atoms with Crippen LogP contribution in [0.4, 0.5) is 0 Å². The zero-order valence-electron chi connectivity index (χ0n) is 6.35. The highest BCUT2D eigenvalue weighted by Crippen LogP contribution is 2.30. The third kappa shape index (κ3) is 1.88. The zero-order chi connectivity index (χ0) is 9.26. The number of thiophene rings is 1. The van der Waals surface area contributed by atoms with Crippen LogP contribution in [0.1, 0.15) is 16.7 Å². The summed E-state index contributed by atoms with van der Waals surface area (Å²) < 4.78 is 4.34. The van der Waals surface area contributed by atoms with Crippen LogP contribution in [0.15, 0.2) is 17.5 Å². The van der Waals surface area contributed by atoms with Gasteiger partial charge in [0.15, 0.2) is 0 Å². The fraction of sp³-hybridized carbons (Fsp3) is 0.143. The van der Waals surface area contributed by atoms with E-state index in [1.165, 1.54) is 22.9 Å². The molecular weight excluding hydrogens is 228 g/mol. The number of aromatic nitrogens is 2. The Labute approximate surface area is 87.8 Å². The lowest BCUT2D eigenvalue weighted by Gasteiger charge is -2.01. The molecule has 1 N–H and O–H groups in total. The van der Waals surface area contributed by atoms with Crippen LogP contribution in [0.5, 0.6) is 0 Å². The minimum absolute atomic E-state index is 0.573. The molecule has 6 heteroatoms. The number of halogens is 1. The molecule has 1 unspecified atom stereocenters. The summed E-state index contributed by atoms with van der Waals surface area (Å²) in [6, 6.07) is 3.54. The highest BCUT2D eigenvalue weighted by atomic mass is 35.5. The van der Waals surface area contributed by atoms with Crippen LogP contribution in [0.2, 0.25) is 4.34 Å². The Balaban J connectivity index is 2.28. The second-order valence-electron chi connectivity index (χ2n) is 2.37. The van der Waals surface area contributed by atoms with E-state index >= 15 is 0 Å². The Bertz CT molecular complexity index is 387.